The second-order valence-corrected chi connectivity index (χ2v) is 6.77. The summed E-state index contributed by atoms with van der Waals surface area (Å²) in [7, 11) is 0. The number of hydrogen-bond acceptors (Lipinski definition) is 4. The molecule has 7 heteroatoms. The largest absolute Gasteiger partial charge is 0.479 e. The van der Waals surface area contributed by atoms with Gasteiger partial charge in [-0.3, -0.25) is 4.98 Å². The molecule has 19 heavy (non-hydrogen) atoms. The Hall–Kier alpha value is -0.660. The van der Waals surface area contributed by atoms with Gasteiger partial charge >= 0.3 is 5.76 Å². The van der Waals surface area contributed by atoms with E-state index in [2.05, 4.69) is 36.8 Å². The Morgan fingerprint density at radius 1 is 1.47 bits per heavy atom. The first-order valence-corrected chi connectivity index (χ1v) is 8.09. The van der Waals surface area contributed by atoms with E-state index in [0.29, 0.717) is 11.5 Å². The van der Waals surface area contributed by atoms with Crippen LogP contribution in [0.1, 0.15) is 12.7 Å². The lowest BCUT2D eigenvalue weighted by Crippen LogP contribution is -2.07. The average Bonchev–Trinajstić information content (AvgIpc) is 2.76. The summed E-state index contributed by atoms with van der Waals surface area (Å²) in [5.74, 6) is 1.53. The van der Waals surface area contributed by atoms with Crippen molar-refractivity contribution in [2.75, 3.05) is 0 Å². The molecule has 0 aliphatic rings. The number of ether oxygens (including phenoxy) is 1. The standard InChI is InChI=1S/C12H11Br2NO3S/c1-7(19-6-9-5-15-12(16)18-9)17-11-3-2-8(13)4-10(11)14/h2-5,7H,6H2,1H3,(H,15,16). The fourth-order valence-corrected chi connectivity index (χ4v) is 3.23. The number of halogens is 2. The Balaban J connectivity index is 1.90. The molecule has 1 aromatic heterocycles. The fraction of sp³-hybridized carbons (Fsp3) is 0.250. The van der Waals surface area contributed by atoms with Gasteiger partial charge in [-0.2, -0.15) is 0 Å². The molecule has 0 aliphatic carbocycles. The molecule has 1 aromatic carbocycles. The minimum absolute atomic E-state index is 0.0577. The highest BCUT2D eigenvalue weighted by atomic mass is 79.9. The van der Waals surface area contributed by atoms with Crippen molar-refractivity contribution in [3.63, 3.8) is 0 Å². The molecule has 0 radical (unpaired) electrons. The summed E-state index contributed by atoms with van der Waals surface area (Å²) in [5.41, 5.74) is -0.0577. The van der Waals surface area contributed by atoms with Crippen molar-refractivity contribution in [2.45, 2.75) is 18.1 Å². The first-order chi connectivity index (χ1) is 9.04. The van der Waals surface area contributed by atoms with Crippen LogP contribution < -0.4 is 10.5 Å². The lowest BCUT2D eigenvalue weighted by Gasteiger charge is -2.14. The summed E-state index contributed by atoms with van der Waals surface area (Å²) < 4.78 is 12.6. The molecule has 0 saturated heterocycles. The topological polar surface area (TPSA) is 55.2 Å². The van der Waals surface area contributed by atoms with Gasteiger partial charge in [-0.15, -0.1) is 11.8 Å². The molecular weight excluding hydrogens is 398 g/mol. The Labute approximate surface area is 131 Å². The van der Waals surface area contributed by atoms with E-state index < -0.39 is 5.76 Å². The van der Waals surface area contributed by atoms with E-state index in [-0.39, 0.29) is 5.44 Å². The third-order valence-corrected chi connectivity index (χ3v) is 4.35. The Bertz CT molecular complexity index is 611. The zero-order valence-electron chi connectivity index (χ0n) is 9.98. The van der Waals surface area contributed by atoms with E-state index >= 15 is 0 Å². The van der Waals surface area contributed by atoms with Gasteiger partial charge in [-0.25, -0.2) is 4.79 Å². The number of rotatable bonds is 5. The van der Waals surface area contributed by atoms with Crippen molar-refractivity contribution in [1.82, 2.24) is 4.98 Å². The van der Waals surface area contributed by atoms with E-state index in [1.807, 2.05) is 25.1 Å². The monoisotopic (exact) mass is 407 g/mol. The zero-order chi connectivity index (χ0) is 13.8. The first kappa shape index (κ1) is 14.7. The predicted molar refractivity (Wildman–Crippen MR) is 82.6 cm³/mol. The maximum absolute atomic E-state index is 10.8. The van der Waals surface area contributed by atoms with E-state index in [1.54, 1.807) is 18.0 Å². The number of thioether (sulfide) groups is 1. The Kier molecular flexibility index (Phi) is 5.18. The van der Waals surface area contributed by atoms with Gasteiger partial charge in [0.15, 0.2) is 0 Å². The summed E-state index contributed by atoms with van der Waals surface area (Å²) in [5, 5.41) is 0. The highest BCUT2D eigenvalue weighted by Crippen LogP contribution is 2.31. The van der Waals surface area contributed by atoms with Gasteiger partial charge in [-0.05, 0) is 41.1 Å². The molecule has 2 aromatic rings. The summed E-state index contributed by atoms with van der Waals surface area (Å²) >= 11 is 8.38. The van der Waals surface area contributed by atoms with Crippen molar-refractivity contribution in [1.29, 1.82) is 0 Å². The molecule has 4 nitrogen and oxygen atoms in total. The van der Waals surface area contributed by atoms with Crippen LogP contribution >= 0.6 is 43.6 Å². The van der Waals surface area contributed by atoms with Crippen LogP contribution in [0, 0.1) is 0 Å². The molecule has 0 bridgehead atoms. The number of aromatic nitrogens is 1. The lowest BCUT2D eigenvalue weighted by molar-refractivity contribution is 0.305. The minimum atomic E-state index is -0.431. The van der Waals surface area contributed by atoms with Crippen molar-refractivity contribution in [3.05, 3.63) is 49.7 Å². The molecule has 1 N–H and O–H groups in total. The normalized spacial score (nSPS) is 12.4. The number of hydrogen-bond donors (Lipinski definition) is 1. The van der Waals surface area contributed by atoms with Crippen molar-refractivity contribution >= 4 is 43.6 Å². The second kappa shape index (κ2) is 6.67. The van der Waals surface area contributed by atoms with Crippen LogP contribution in [-0.4, -0.2) is 10.4 Å². The first-order valence-electron chi connectivity index (χ1n) is 5.45. The summed E-state index contributed by atoms with van der Waals surface area (Å²) in [6.45, 7) is 1.95. The number of oxazole rings is 1. The van der Waals surface area contributed by atoms with Crippen molar-refractivity contribution < 1.29 is 9.15 Å². The van der Waals surface area contributed by atoms with E-state index in [0.717, 1.165) is 14.7 Å². The number of H-pyrrole nitrogens is 1. The zero-order valence-corrected chi connectivity index (χ0v) is 14.0. The number of benzene rings is 1. The lowest BCUT2D eigenvalue weighted by atomic mass is 10.3. The quantitative estimate of drug-likeness (QED) is 0.755. The van der Waals surface area contributed by atoms with Crippen LogP contribution in [0.4, 0.5) is 0 Å². The highest BCUT2D eigenvalue weighted by Gasteiger charge is 2.09. The number of nitrogens with one attached hydrogen (secondary N) is 1. The van der Waals surface area contributed by atoms with Crippen molar-refractivity contribution in [3.8, 4) is 5.75 Å². The smallest absolute Gasteiger partial charge is 0.416 e. The molecule has 1 atom stereocenters. The molecule has 102 valence electrons. The number of aromatic amines is 1. The summed E-state index contributed by atoms with van der Waals surface area (Å²) in [6.07, 6.45) is 1.57. The van der Waals surface area contributed by atoms with Gasteiger partial charge in [0.2, 0.25) is 0 Å². The average molecular weight is 409 g/mol. The Morgan fingerprint density at radius 3 is 2.89 bits per heavy atom. The maximum Gasteiger partial charge on any atom is 0.416 e. The van der Waals surface area contributed by atoms with Crippen LogP contribution in [0.2, 0.25) is 0 Å². The molecule has 1 heterocycles. The van der Waals surface area contributed by atoms with Crippen LogP contribution in [0.15, 0.2) is 42.6 Å². The third-order valence-electron chi connectivity index (χ3n) is 2.22. The molecule has 0 saturated carbocycles. The van der Waals surface area contributed by atoms with E-state index in [9.17, 15) is 4.79 Å². The van der Waals surface area contributed by atoms with Gasteiger partial charge in [0.05, 0.1) is 10.2 Å². The molecular formula is C12H11Br2NO3S. The van der Waals surface area contributed by atoms with Crippen molar-refractivity contribution in [2.24, 2.45) is 0 Å². The SMILES string of the molecule is CC(Oc1ccc(Br)cc1Br)SCc1c[nH]c(=O)o1. The van der Waals surface area contributed by atoms with Gasteiger partial charge in [0.25, 0.3) is 0 Å². The van der Waals surface area contributed by atoms with Gasteiger partial charge in [0, 0.05) is 10.7 Å². The molecule has 2 rings (SSSR count). The molecule has 0 spiro atoms. The van der Waals surface area contributed by atoms with Crippen LogP contribution in [-0.2, 0) is 5.75 Å². The summed E-state index contributed by atoms with van der Waals surface area (Å²) in [6, 6.07) is 5.74. The highest BCUT2D eigenvalue weighted by molar-refractivity contribution is 9.11. The molecule has 0 amide bonds. The predicted octanol–water partition coefficient (Wildman–Crippen LogP) is 4.15. The fourth-order valence-electron chi connectivity index (χ4n) is 1.37. The molecule has 1 unspecified atom stereocenters. The van der Waals surface area contributed by atoms with Gasteiger partial charge < -0.3 is 9.15 Å². The molecule has 0 aliphatic heterocycles. The Morgan fingerprint density at radius 2 is 2.26 bits per heavy atom. The van der Waals surface area contributed by atoms with E-state index in [4.69, 9.17) is 9.15 Å². The maximum atomic E-state index is 10.8. The molecule has 0 fully saturated rings. The van der Waals surface area contributed by atoms with E-state index in [1.165, 1.54) is 0 Å². The third kappa shape index (κ3) is 4.43. The van der Waals surface area contributed by atoms with Gasteiger partial charge in [-0.1, -0.05) is 15.9 Å². The van der Waals surface area contributed by atoms with Crippen LogP contribution in [0.5, 0.6) is 5.75 Å². The van der Waals surface area contributed by atoms with Crippen LogP contribution in [0.3, 0.4) is 0 Å². The summed E-state index contributed by atoms with van der Waals surface area (Å²) in [4.78, 5) is 13.3. The minimum Gasteiger partial charge on any atom is -0.479 e. The van der Waals surface area contributed by atoms with Crippen LogP contribution in [0.25, 0.3) is 0 Å². The second-order valence-electron chi connectivity index (χ2n) is 3.72. The van der Waals surface area contributed by atoms with Gasteiger partial charge in [0.1, 0.15) is 16.9 Å².